The van der Waals surface area contributed by atoms with Crippen molar-refractivity contribution < 1.29 is 1.37 Å². The van der Waals surface area contributed by atoms with Crippen molar-refractivity contribution in [3.63, 3.8) is 0 Å². The number of hydrogen-bond acceptors (Lipinski definition) is 2. The van der Waals surface area contributed by atoms with Crippen LogP contribution in [0.2, 0.25) is 0 Å². The van der Waals surface area contributed by atoms with Crippen molar-refractivity contribution in [2.45, 2.75) is 0 Å². The molecule has 36 valence electrons. The van der Waals surface area contributed by atoms with Crippen LogP contribution in [-0.2, 0) is 0 Å². The molecule has 0 bridgehead atoms. The molecule has 2 nitrogen and oxygen atoms in total. The third-order valence-corrected chi connectivity index (χ3v) is 0.638. The van der Waals surface area contributed by atoms with Gasteiger partial charge in [-0.3, -0.25) is 0 Å². The zero-order chi connectivity index (χ0) is 5.98. The summed E-state index contributed by atoms with van der Waals surface area (Å²) in [6, 6.07) is 3.59. The Kier molecular flexibility index (Phi) is 0.689. The van der Waals surface area contributed by atoms with Crippen LogP contribution in [0.1, 0.15) is 1.37 Å². The quantitative estimate of drug-likeness (QED) is 0.514. The molecule has 1 rings (SSSR count). The zero-order valence-corrected chi connectivity index (χ0v) is 3.76. The molecular formula is C5H6N2. The van der Waals surface area contributed by atoms with E-state index in [0.29, 0.717) is 11.9 Å². The van der Waals surface area contributed by atoms with Crippen molar-refractivity contribution in [1.29, 1.82) is 0 Å². The summed E-state index contributed by atoms with van der Waals surface area (Å²) in [5.74, 6) is 0.459. The number of anilines is 1. The van der Waals surface area contributed by atoms with Gasteiger partial charge < -0.3 is 5.73 Å². The predicted molar refractivity (Wildman–Crippen MR) is 28.6 cm³/mol. The Morgan fingerprint density at radius 1 is 1.86 bits per heavy atom. The third kappa shape index (κ3) is 0.892. The van der Waals surface area contributed by atoms with Gasteiger partial charge in [-0.25, -0.2) is 4.98 Å². The first-order valence-electron chi connectivity index (χ1n) is 2.47. The van der Waals surface area contributed by atoms with Crippen molar-refractivity contribution in [3.8, 4) is 0 Å². The molecule has 0 saturated heterocycles. The van der Waals surface area contributed by atoms with E-state index in [0.717, 1.165) is 0 Å². The van der Waals surface area contributed by atoms with Crippen molar-refractivity contribution >= 4 is 5.82 Å². The van der Waals surface area contributed by atoms with Gasteiger partial charge in [0.05, 0.1) is 1.37 Å². The second-order valence-electron chi connectivity index (χ2n) is 1.18. The molecule has 2 heteroatoms. The van der Waals surface area contributed by atoms with E-state index in [2.05, 4.69) is 4.98 Å². The first-order chi connectivity index (χ1) is 3.79. The van der Waals surface area contributed by atoms with E-state index in [4.69, 9.17) is 7.10 Å². The van der Waals surface area contributed by atoms with E-state index in [1.807, 2.05) is 0 Å². The van der Waals surface area contributed by atoms with Gasteiger partial charge in [0.15, 0.2) is 0 Å². The van der Waals surface area contributed by atoms with Gasteiger partial charge in [0, 0.05) is 6.20 Å². The van der Waals surface area contributed by atoms with Crippen LogP contribution in [0.5, 0.6) is 0 Å². The second kappa shape index (κ2) is 1.60. The molecule has 0 radical (unpaired) electrons. The summed E-state index contributed by atoms with van der Waals surface area (Å²) in [6.45, 7) is 0. The number of aromatic nitrogens is 1. The maximum absolute atomic E-state index is 6.97. The first-order valence-corrected chi connectivity index (χ1v) is 1.97. The molecule has 0 amide bonds. The summed E-state index contributed by atoms with van der Waals surface area (Å²) < 4.78 is 6.97. The highest BCUT2D eigenvalue weighted by atomic mass is 14.8. The molecule has 2 N–H and O–H groups in total. The minimum atomic E-state index is 0.388. The number of nitrogens with two attached hydrogens (primary N) is 1. The smallest absolute Gasteiger partial charge is 0.123 e. The highest BCUT2D eigenvalue weighted by Crippen LogP contribution is 1.89. The summed E-state index contributed by atoms with van der Waals surface area (Å²) in [5.41, 5.74) is 5.23. The van der Waals surface area contributed by atoms with Crippen molar-refractivity contribution in [3.05, 3.63) is 24.4 Å². The van der Waals surface area contributed by atoms with E-state index in [-0.39, 0.29) is 0 Å². The Bertz CT molecular complexity index is 149. The average molecular weight is 95.1 g/mol. The van der Waals surface area contributed by atoms with E-state index in [9.17, 15) is 0 Å². The van der Waals surface area contributed by atoms with Gasteiger partial charge in [0.1, 0.15) is 5.82 Å². The molecule has 0 aliphatic carbocycles. The number of nitrogen functional groups attached to an aromatic ring is 1. The molecule has 1 heterocycles. The number of hydrogen-bond donors (Lipinski definition) is 1. The van der Waals surface area contributed by atoms with Gasteiger partial charge in [0.2, 0.25) is 0 Å². The van der Waals surface area contributed by atoms with E-state index in [1.165, 1.54) is 6.20 Å². The van der Waals surface area contributed by atoms with Crippen LogP contribution in [0.3, 0.4) is 0 Å². The van der Waals surface area contributed by atoms with Crippen LogP contribution in [0, 0.1) is 0 Å². The normalized spacial score (nSPS) is 10.6. The fourth-order valence-electron chi connectivity index (χ4n) is 0.331. The Hall–Kier alpha value is -1.05. The largest absolute Gasteiger partial charge is 0.384 e. The third-order valence-electron chi connectivity index (χ3n) is 0.638. The summed E-state index contributed by atoms with van der Waals surface area (Å²) in [7, 11) is 0. The van der Waals surface area contributed by atoms with Gasteiger partial charge >= 0.3 is 0 Å². The Morgan fingerprint density at radius 2 is 2.71 bits per heavy atom. The molecule has 0 aliphatic heterocycles. The van der Waals surface area contributed by atoms with Crippen LogP contribution >= 0.6 is 0 Å². The highest BCUT2D eigenvalue weighted by Gasteiger charge is 1.73. The molecule has 0 fully saturated rings. The second-order valence-corrected chi connectivity index (χ2v) is 1.18. The minimum absolute atomic E-state index is 0.388. The number of rotatable bonds is 0. The standard InChI is InChI=1S/C5H6N2/c6-5-3-1-2-4-7-5/h1-4H,(H2,6,7)/i2D. The molecule has 0 atom stereocenters. The van der Waals surface area contributed by atoms with Gasteiger partial charge in [-0.2, -0.15) is 0 Å². The molecule has 0 saturated carbocycles. The summed E-state index contributed by atoms with van der Waals surface area (Å²) >= 11 is 0. The Morgan fingerprint density at radius 3 is 3.14 bits per heavy atom. The number of nitrogens with zero attached hydrogens (tertiary/aromatic N) is 1. The molecular weight excluding hydrogens is 88.1 g/mol. The fourth-order valence-corrected chi connectivity index (χ4v) is 0.331. The Labute approximate surface area is 43.4 Å². The number of pyridine rings is 1. The molecule has 7 heavy (non-hydrogen) atoms. The maximum Gasteiger partial charge on any atom is 0.123 e. The lowest BCUT2D eigenvalue weighted by Gasteiger charge is -1.82. The van der Waals surface area contributed by atoms with E-state index in [1.54, 1.807) is 12.1 Å². The summed E-state index contributed by atoms with van der Waals surface area (Å²) in [6.07, 6.45) is 1.41. The topological polar surface area (TPSA) is 38.9 Å². The van der Waals surface area contributed by atoms with Crippen LogP contribution in [-0.4, -0.2) is 4.98 Å². The predicted octanol–water partition coefficient (Wildman–Crippen LogP) is 0.664. The lowest BCUT2D eigenvalue weighted by molar-refractivity contribution is 1.34. The molecule has 1 aromatic heterocycles. The van der Waals surface area contributed by atoms with Gasteiger partial charge in [-0.05, 0) is 12.1 Å². The highest BCUT2D eigenvalue weighted by molar-refractivity contribution is 5.25. The van der Waals surface area contributed by atoms with Gasteiger partial charge in [-0.15, -0.1) is 0 Å². The zero-order valence-electron chi connectivity index (χ0n) is 4.76. The van der Waals surface area contributed by atoms with Crippen LogP contribution < -0.4 is 5.73 Å². The minimum Gasteiger partial charge on any atom is -0.384 e. The van der Waals surface area contributed by atoms with Crippen molar-refractivity contribution in [1.82, 2.24) is 4.98 Å². The van der Waals surface area contributed by atoms with E-state index >= 15 is 0 Å². The fraction of sp³-hybridized carbons (Fsp3) is 0. The van der Waals surface area contributed by atoms with Crippen molar-refractivity contribution in [2.75, 3.05) is 5.73 Å². The van der Waals surface area contributed by atoms with Gasteiger partial charge in [0.25, 0.3) is 0 Å². The summed E-state index contributed by atoms with van der Waals surface area (Å²) in [5, 5.41) is 0. The van der Waals surface area contributed by atoms with Crippen molar-refractivity contribution in [2.24, 2.45) is 0 Å². The molecule has 0 spiro atoms. The van der Waals surface area contributed by atoms with Crippen LogP contribution in [0.15, 0.2) is 24.4 Å². The monoisotopic (exact) mass is 95.1 g/mol. The van der Waals surface area contributed by atoms with Crippen LogP contribution in [0.25, 0.3) is 0 Å². The lowest BCUT2D eigenvalue weighted by Crippen LogP contribution is -1.85. The Balaban J connectivity index is 3.03. The summed E-state index contributed by atoms with van der Waals surface area (Å²) in [4.78, 5) is 3.67. The molecule has 0 aromatic carbocycles. The average Bonchev–Trinajstić information content (AvgIpc) is 1.77. The molecule has 0 aliphatic rings. The van der Waals surface area contributed by atoms with E-state index < -0.39 is 0 Å². The molecule has 0 unspecified atom stereocenters. The lowest BCUT2D eigenvalue weighted by atomic mass is 10.5. The molecule has 1 aromatic rings. The first kappa shape index (κ1) is 3.02. The SMILES string of the molecule is [2H]c1ccc(N)nc1. The maximum atomic E-state index is 6.97. The van der Waals surface area contributed by atoms with Crippen LogP contribution in [0.4, 0.5) is 5.82 Å². The van der Waals surface area contributed by atoms with Gasteiger partial charge in [-0.1, -0.05) is 6.07 Å².